The molecule has 0 aromatic heterocycles. The fraction of sp³-hybridized carbons (Fsp3) is 0.833. The summed E-state index contributed by atoms with van der Waals surface area (Å²) in [6, 6.07) is 0.367. The Hall–Kier alpha value is -1.14. The number of aliphatic carboxylic acids is 1. The highest BCUT2D eigenvalue weighted by Crippen LogP contribution is 2.19. The molecular formula is C12H20N2O4. The molecule has 2 unspecified atom stereocenters. The summed E-state index contributed by atoms with van der Waals surface area (Å²) in [5.41, 5.74) is 0. The van der Waals surface area contributed by atoms with Crippen LogP contribution in [0.2, 0.25) is 0 Å². The lowest BCUT2D eigenvalue weighted by molar-refractivity contribution is -0.165. The fourth-order valence-corrected chi connectivity index (χ4v) is 2.72. The number of amides is 1. The second-order valence-electron chi connectivity index (χ2n) is 4.86. The molecule has 1 N–H and O–H groups in total. The predicted molar refractivity (Wildman–Crippen MR) is 64.2 cm³/mol. The fourth-order valence-electron chi connectivity index (χ4n) is 2.72. The second-order valence-corrected chi connectivity index (χ2v) is 4.86. The van der Waals surface area contributed by atoms with Crippen molar-refractivity contribution in [1.29, 1.82) is 0 Å². The highest BCUT2D eigenvalue weighted by molar-refractivity contribution is 5.81. The lowest BCUT2D eigenvalue weighted by Gasteiger charge is -2.34. The smallest absolute Gasteiger partial charge is 0.334 e. The van der Waals surface area contributed by atoms with Crippen LogP contribution in [0.4, 0.5) is 0 Å². The number of carboxylic acid groups (broad SMARTS) is 1. The Bertz CT molecular complexity index is 334. The highest BCUT2D eigenvalue weighted by atomic mass is 16.5. The first-order valence-electron chi connectivity index (χ1n) is 6.48. The Labute approximate surface area is 106 Å². The van der Waals surface area contributed by atoms with Crippen molar-refractivity contribution < 1.29 is 19.4 Å². The van der Waals surface area contributed by atoms with Gasteiger partial charge in [0.05, 0.1) is 6.54 Å². The quantitative estimate of drug-likeness (QED) is 0.753. The van der Waals surface area contributed by atoms with Gasteiger partial charge in [0.1, 0.15) is 6.61 Å². The van der Waals surface area contributed by atoms with Gasteiger partial charge in [-0.2, -0.15) is 0 Å². The summed E-state index contributed by atoms with van der Waals surface area (Å²) >= 11 is 0. The first-order chi connectivity index (χ1) is 8.61. The van der Waals surface area contributed by atoms with E-state index >= 15 is 0 Å². The third kappa shape index (κ3) is 2.81. The molecular weight excluding hydrogens is 236 g/mol. The zero-order valence-electron chi connectivity index (χ0n) is 10.7. The van der Waals surface area contributed by atoms with Crippen LogP contribution >= 0.6 is 0 Å². The molecule has 0 bridgehead atoms. The van der Waals surface area contributed by atoms with E-state index in [2.05, 4.69) is 11.8 Å². The van der Waals surface area contributed by atoms with Gasteiger partial charge in [0.25, 0.3) is 0 Å². The molecule has 0 radical (unpaired) electrons. The van der Waals surface area contributed by atoms with Gasteiger partial charge in [0, 0.05) is 12.6 Å². The minimum Gasteiger partial charge on any atom is -0.479 e. The van der Waals surface area contributed by atoms with Gasteiger partial charge in [0.2, 0.25) is 5.91 Å². The number of likely N-dealkylation sites (tertiary alicyclic amines) is 1. The third-order valence-electron chi connectivity index (χ3n) is 3.76. The maximum absolute atomic E-state index is 11.7. The molecule has 1 amide bonds. The molecule has 2 aliphatic heterocycles. The molecule has 2 aliphatic rings. The van der Waals surface area contributed by atoms with Gasteiger partial charge in [-0.05, 0) is 25.9 Å². The zero-order chi connectivity index (χ0) is 13.1. The number of rotatable bonds is 4. The molecule has 6 heteroatoms. The van der Waals surface area contributed by atoms with Crippen molar-refractivity contribution in [2.75, 3.05) is 32.8 Å². The molecule has 0 aromatic carbocycles. The molecule has 0 saturated carbocycles. The molecule has 2 rings (SSSR count). The van der Waals surface area contributed by atoms with Crippen LogP contribution in [0.5, 0.6) is 0 Å². The first kappa shape index (κ1) is 13.3. The van der Waals surface area contributed by atoms with E-state index in [0.29, 0.717) is 12.6 Å². The van der Waals surface area contributed by atoms with Crippen molar-refractivity contribution in [2.24, 2.45) is 0 Å². The van der Waals surface area contributed by atoms with E-state index in [9.17, 15) is 9.59 Å². The first-order valence-corrected chi connectivity index (χ1v) is 6.48. The highest BCUT2D eigenvalue weighted by Gasteiger charge is 2.34. The van der Waals surface area contributed by atoms with Crippen LogP contribution in [0.15, 0.2) is 0 Å². The lowest BCUT2D eigenvalue weighted by atomic mass is 10.1. The molecule has 2 saturated heterocycles. The maximum atomic E-state index is 11.7. The molecule has 0 spiro atoms. The van der Waals surface area contributed by atoms with E-state index in [1.54, 1.807) is 4.90 Å². The summed E-state index contributed by atoms with van der Waals surface area (Å²) in [7, 11) is 0. The van der Waals surface area contributed by atoms with Crippen molar-refractivity contribution in [3.63, 3.8) is 0 Å². The number of likely N-dealkylation sites (N-methyl/N-ethyl adjacent to an activating group) is 1. The monoisotopic (exact) mass is 256 g/mol. The lowest BCUT2D eigenvalue weighted by Crippen LogP contribution is -2.53. The molecule has 102 valence electrons. The average Bonchev–Trinajstić information content (AvgIpc) is 2.79. The van der Waals surface area contributed by atoms with Crippen LogP contribution in [-0.4, -0.2) is 71.7 Å². The number of carbonyl (C=O) groups excluding carboxylic acids is 1. The number of carbonyl (C=O) groups is 2. The minimum absolute atomic E-state index is 0.101. The summed E-state index contributed by atoms with van der Waals surface area (Å²) in [5, 5.41) is 8.93. The molecule has 6 nitrogen and oxygen atoms in total. The van der Waals surface area contributed by atoms with Gasteiger partial charge in [-0.1, -0.05) is 6.92 Å². The van der Waals surface area contributed by atoms with Crippen molar-refractivity contribution in [3.8, 4) is 0 Å². The van der Waals surface area contributed by atoms with Crippen molar-refractivity contribution in [2.45, 2.75) is 31.9 Å². The minimum atomic E-state index is -0.994. The summed E-state index contributed by atoms with van der Waals surface area (Å²) in [5.74, 6) is -1.10. The summed E-state index contributed by atoms with van der Waals surface area (Å²) in [4.78, 5) is 26.6. The van der Waals surface area contributed by atoms with Gasteiger partial charge in [0.15, 0.2) is 6.10 Å². The number of nitrogens with zero attached hydrogens (tertiary/aromatic N) is 2. The summed E-state index contributed by atoms with van der Waals surface area (Å²) in [6.45, 7) is 4.84. The molecule has 0 aliphatic carbocycles. The molecule has 2 atom stereocenters. The number of ether oxygens (including phenoxy) is 1. The Kier molecular flexibility index (Phi) is 4.19. The van der Waals surface area contributed by atoms with Crippen LogP contribution < -0.4 is 0 Å². The SMILES string of the molecule is CCN1CCCC1CN1CC(C(=O)O)OCC1=O. The normalized spacial score (nSPS) is 29.8. The van der Waals surface area contributed by atoms with Crippen molar-refractivity contribution >= 4 is 11.9 Å². The molecule has 0 aromatic rings. The van der Waals surface area contributed by atoms with Gasteiger partial charge in [-0.25, -0.2) is 4.79 Å². The van der Waals surface area contributed by atoms with E-state index in [1.165, 1.54) is 0 Å². The predicted octanol–water partition coefficient (Wildman–Crippen LogP) is -0.217. The maximum Gasteiger partial charge on any atom is 0.334 e. The zero-order valence-corrected chi connectivity index (χ0v) is 10.7. The Morgan fingerprint density at radius 2 is 2.33 bits per heavy atom. The number of carboxylic acids is 1. The van der Waals surface area contributed by atoms with Crippen molar-refractivity contribution in [3.05, 3.63) is 0 Å². The van der Waals surface area contributed by atoms with Crippen LogP contribution in [0.3, 0.4) is 0 Å². The average molecular weight is 256 g/mol. The van der Waals surface area contributed by atoms with E-state index in [1.807, 2.05) is 0 Å². The van der Waals surface area contributed by atoms with E-state index in [-0.39, 0.29) is 19.1 Å². The van der Waals surface area contributed by atoms with Gasteiger partial charge < -0.3 is 14.7 Å². The van der Waals surface area contributed by atoms with Gasteiger partial charge >= 0.3 is 5.97 Å². The van der Waals surface area contributed by atoms with Gasteiger partial charge in [-0.15, -0.1) is 0 Å². The largest absolute Gasteiger partial charge is 0.479 e. The standard InChI is InChI=1S/C12H20N2O4/c1-2-13-5-3-4-9(13)6-14-7-10(12(16)17)18-8-11(14)15/h9-10H,2-8H2,1H3,(H,16,17). The van der Waals surface area contributed by atoms with E-state index in [4.69, 9.17) is 9.84 Å². The number of morpholine rings is 1. The molecule has 18 heavy (non-hydrogen) atoms. The van der Waals surface area contributed by atoms with Crippen LogP contribution in [0.1, 0.15) is 19.8 Å². The Morgan fingerprint density at radius 1 is 1.56 bits per heavy atom. The third-order valence-corrected chi connectivity index (χ3v) is 3.76. The van der Waals surface area contributed by atoms with Crippen molar-refractivity contribution in [1.82, 2.24) is 9.80 Å². The van der Waals surface area contributed by atoms with E-state index in [0.717, 1.165) is 25.9 Å². The summed E-state index contributed by atoms with van der Waals surface area (Å²) < 4.78 is 5.00. The van der Waals surface area contributed by atoms with Crippen LogP contribution in [0, 0.1) is 0 Å². The van der Waals surface area contributed by atoms with Crippen LogP contribution in [0.25, 0.3) is 0 Å². The van der Waals surface area contributed by atoms with Crippen LogP contribution in [-0.2, 0) is 14.3 Å². The number of hydrogen-bond donors (Lipinski definition) is 1. The topological polar surface area (TPSA) is 70.1 Å². The Morgan fingerprint density at radius 3 is 3.00 bits per heavy atom. The summed E-state index contributed by atoms with van der Waals surface area (Å²) in [6.07, 6.45) is 1.36. The number of hydrogen-bond acceptors (Lipinski definition) is 4. The second kappa shape index (κ2) is 5.67. The van der Waals surface area contributed by atoms with Gasteiger partial charge in [-0.3, -0.25) is 9.69 Å². The van der Waals surface area contributed by atoms with E-state index < -0.39 is 12.1 Å². The molecule has 2 heterocycles. The Balaban J connectivity index is 1.94. The molecule has 2 fully saturated rings.